The minimum absolute atomic E-state index is 0.191. The van der Waals surface area contributed by atoms with Crippen LogP contribution in [-0.4, -0.2) is 0 Å². The molecule has 10 rings (SSSR count). The molecule has 0 N–H and O–H groups in total. The van der Waals surface area contributed by atoms with E-state index in [0.717, 1.165) is 37.5 Å². The fourth-order valence-corrected chi connectivity index (χ4v) is 9.87. The third kappa shape index (κ3) is 3.63. The minimum Gasteiger partial charge on any atom is -0.453 e. The van der Waals surface area contributed by atoms with Crippen LogP contribution in [0.3, 0.4) is 0 Å². The first-order valence-corrected chi connectivity index (χ1v) is 18.1. The largest absolute Gasteiger partial charge is 0.453 e. The molecule has 48 heavy (non-hydrogen) atoms. The smallest absolute Gasteiger partial charge is 0.151 e. The predicted octanol–water partition coefficient (Wildman–Crippen LogP) is 13.7. The Bertz CT molecular complexity index is 2410. The van der Waals surface area contributed by atoms with Crippen LogP contribution in [0.25, 0.3) is 43.8 Å². The van der Waals surface area contributed by atoms with E-state index >= 15 is 0 Å². The van der Waals surface area contributed by atoms with Crippen LogP contribution in [-0.2, 0) is 10.8 Å². The third-order valence-electron chi connectivity index (χ3n) is 11.1. The van der Waals surface area contributed by atoms with Gasteiger partial charge in [-0.15, -0.1) is 0 Å². The first-order valence-electron chi connectivity index (χ1n) is 16.5. The van der Waals surface area contributed by atoms with E-state index in [4.69, 9.17) is 4.74 Å². The van der Waals surface area contributed by atoms with Gasteiger partial charge >= 0.3 is 0 Å². The topological polar surface area (TPSA) is 12.5 Å². The van der Waals surface area contributed by atoms with Crippen LogP contribution in [0.15, 0.2) is 124 Å². The van der Waals surface area contributed by atoms with Gasteiger partial charge in [-0.1, -0.05) is 126 Å². The summed E-state index contributed by atoms with van der Waals surface area (Å²) in [7, 11) is 0. The van der Waals surface area contributed by atoms with Gasteiger partial charge in [0.15, 0.2) is 11.5 Å². The Morgan fingerprint density at radius 3 is 1.35 bits per heavy atom. The fraction of sp³-hybridized carbons (Fsp3) is 0.136. The van der Waals surface area contributed by atoms with Crippen molar-refractivity contribution in [1.29, 1.82) is 0 Å². The van der Waals surface area contributed by atoms with Crippen molar-refractivity contribution in [2.45, 2.75) is 38.5 Å². The lowest BCUT2D eigenvalue weighted by Gasteiger charge is -2.35. The van der Waals surface area contributed by atoms with E-state index in [9.17, 15) is 0 Å². The minimum atomic E-state index is -0.191. The van der Waals surface area contributed by atoms with Crippen LogP contribution in [0.2, 0.25) is 0 Å². The monoisotopic (exact) mass is 747 g/mol. The molecule has 1 heterocycles. The SMILES string of the molecule is CC1(C)c2cc3c(cc2-c2c1cc(Br)c1ccccc21)N(c1ccccc1)c1cc2c(cc1O3)C(C)(C)c1cc(Br)c3ccccc3c1-2. The highest BCUT2D eigenvalue weighted by atomic mass is 79.9. The number of para-hydroxylation sites is 1. The van der Waals surface area contributed by atoms with Crippen molar-refractivity contribution in [3.63, 3.8) is 0 Å². The molecule has 3 aliphatic rings. The molecule has 0 fully saturated rings. The lowest BCUT2D eigenvalue weighted by Crippen LogP contribution is -2.19. The molecule has 0 spiro atoms. The number of rotatable bonds is 1. The average molecular weight is 750 g/mol. The second-order valence-electron chi connectivity index (χ2n) is 14.4. The summed E-state index contributed by atoms with van der Waals surface area (Å²) in [4.78, 5) is 2.41. The molecule has 232 valence electrons. The summed E-state index contributed by atoms with van der Waals surface area (Å²) in [6, 6.07) is 42.2. The normalized spacial score (nSPS) is 15.8. The van der Waals surface area contributed by atoms with Gasteiger partial charge in [-0.2, -0.15) is 0 Å². The van der Waals surface area contributed by atoms with Crippen LogP contribution in [0.4, 0.5) is 17.1 Å². The lowest BCUT2D eigenvalue weighted by atomic mass is 9.81. The molecule has 0 unspecified atom stereocenters. The Morgan fingerprint density at radius 1 is 0.479 bits per heavy atom. The molecule has 4 heteroatoms. The summed E-state index contributed by atoms with van der Waals surface area (Å²) >= 11 is 7.81. The van der Waals surface area contributed by atoms with E-state index in [-0.39, 0.29) is 10.8 Å². The maximum absolute atomic E-state index is 7.03. The van der Waals surface area contributed by atoms with E-state index in [2.05, 4.69) is 180 Å². The molecule has 0 aromatic heterocycles. The van der Waals surface area contributed by atoms with Crippen LogP contribution >= 0.6 is 31.9 Å². The summed E-state index contributed by atoms with van der Waals surface area (Å²) in [5.74, 6) is 1.77. The maximum Gasteiger partial charge on any atom is 0.151 e. The van der Waals surface area contributed by atoms with Gasteiger partial charge in [0.2, 0.25) is 0 Å². The molecular weight excluding hydrogens is 718 g/mol. The van der Waals surface area contributed by atoms with Crippen molar-refractivity contribution in [3.05, 3.63) is 146 Å². The quantitative estimate of drug-likeness (QED) is 0.166. The van der Waals surface area contributed by atoms with Crippen molar-refractivity contribution < 1.29 is 4.74 Å². The van der Waals surface area contributed by atoms with Crippen molar-refractivity contribution in [2.24, 2.45) is 0 Å². The zero-order chi connectivity index (χ0) is 32.7. The maximum atomic E-state index is 7.03. The van der Waals surface area contributed by atoms with Gasteiger partial charge in [0.05, 0.1) is 11.4 Å². The summed E-state index contributed by atoms with van der Waals surface area (Å²) in [5.41, 5.74) is 13.3. The number of fused-ring (bicyclic) bond motifs is 12. The van der Waals surface area contributed by atoms with Gasteiger partial charge in [-0.3, -0.25) is 0 Å². The van der Waals surface area contributed by atoms with E-state index in [1.54, 1.807) is 0 Å². The molecule has 2 aliphatic carbocycles. The number of benzene rings is 7. The van der Waals surface area contributed by atoms with Gasteiger partial charge in [0, 0.05) is 25.5 Å². The Morgan fingerprint density at radius 2 is 0.896 bits per heavy atom. The van der Waals surface area contributed by atoms with Gasteiger partial charge in [0.1, 0.15) is 0 Å². The van der Waals surface area contributed by atoms with Crippen LogP contribution in [0.5, 0.6) is 11.5 Å². The number of hydrogen-bond donors (Lipinski definition) is 0. The average Bonchev–Trinajstić information content (AvgIpc) is 3.44. The second kappa shape index (κ2) is 9.62. The number of halogens is 2. The zero-order valence-corrected chi connectivity index (χ0v) is 30.3. The summed E-state index contributed by atoms with van der Waals surface area (Å²) in [5, 5.41) is 5.00. The van der Waals surface area contributed by atoms with Crippen LogP contribution < -0.4 is 9.64 Å². The first kappa shape index (κ1) is 28.6. The van der Waals surface area contributed by atoms with Gasteiger partial charge < -0.3 is 9.64 Å². The summed E-state index contributed by atoms with van der Waals surface area (Å²) < 4.78 is 9.29. The highest BCUT2D eigenvalue weighted by Crippen LogP contribution is 2.61. The van der Waals surface area contributed by atoms with Gasteiger partial charge in [-0.25, -0.2) is 0 Å². The Kier molecular flexibility index (Phi) is 5.73. The van der Waals surface area contributed by atoms with Crippen molar-refractivity contribution >= 4 is 70.5 Å². The molecule has 2 nitrogen and oxygen atoms in total. The third-order valence-corrected chi connectivity index (χ3v) is 12.4. The standard InChI is InChI=1S/C44H31Br2NO/c1-43(2)31-22-39-37(18-29(31)41-27-16-10-8-14-25(27)35(45)20-33(41)43)47(24-12-6-5-7-13-24)38-19-30-32(23-40(38)48-39)44(3,4)34-21-36(46)26-15-9-11-17-28(26)42(30)34/h5-23H,1-4H3. The second-order valence-corrected chi connectivity index (χ2v) is 16.1. The molecule has 0 atom stereocenters. The van der Waals surface area contributed by atoms with Gasteiger partial charge in [-0.05, 0) is 115 Å². The first-order chi connectivity index (χ1) is 23.1. The Labute approximate surface area is 297 Å². The number of hydrogen-bond acceptors (Lipinski definition) is 2. The molecule has 0 radical (unpaired) electrons. The molecular formula is C44H31Br2NO. The predicted molar refractivity (Wildman–Crippen MR) is 207 cm³/mol. The van der Waals surface area contributed by atoms with Crippen molar-refractivity contribution in [3.8, 4) is 33.8 Å². The molecule has 0 saturated heterocycles. The van der Waals surface area contributed by atoms with E-state index in [0.29, 0.717) is 0 Å². The molecule has 0 saturated carbocycles. The molecule has 0 amide bonds. The van der Waals surface area contributed by atoms with Crippen molar-refractivity contribution in [2.75, 3.05) is 4.90 Å². The Hall–Kier alpha value is -4.38. The van der Waals surface area contributed by atoms with E-state index in [1.807, 2.05) is 0 Å². The van der Waals surface area contributed by atoms with Gasteiger partial charge in [0.25, 0.3) is 0 Å². The molecule has 1 aliphatic heterocycles. The fourth-order valence-electron chi connectivity index (χ4n) is 8.72. The summed E-state index contributed by atoms with van der Waals surface area (Å²) in [6.45, 7) is 9.36. The van der Waals surface area contributed by atoms with E-state index < -0.39 is 0 Å². The van der Waals surface area contributed by atoms with E-state index in [1.165, 1.54) is 66.1 Å². The van der Waals surface area contributed by atoms with Crippen LogP contribution in [0, 0.1) is 0 Å². The number of nitrogens with zero attached hydrogens (tertiary/aromatic N) is 1. The number of anilines is 3. The van der Waals surface area contributed by atoms with Crippen molar-refractivity contribution in [1.82, 2.24) is 0 Å². The summed E-state index contributed by atoms with van der Waals surface area (Å²) in [6.07, 6.45) is 0. The highest BCUT2D eigenvalue weighted by molar-refractivity contribution is 9.11. The lowest BCUT2D eigenvalue weighted by molar-refractivity contribution is 0.473. The molecule has 7 aromatic rings. The molecule has 0 bridgehead atoms. The van der Waals surface area contributed by atoms with Crippen LogP contribution in [0.1, 0.15) is 49.9 Å². The Balaban J connectivity index is 1.26. The zero-order valence-electron chi connectivity index (χ0n) is 27.1. The molecule has 7 aromatic carbocycles. The highest BCUT2D eigenvalue weighted by Gasteiger charge is 2.42. The number of ether oxygens (including phenoxy) is 1.